The maximum Gasteiger partial charge on any atom is 0.433 e. The van der Waals surface area contributed by atoms with E-state index in [1.54, 1.807) is 0 Å². The molecule has 140 valence electrons. The minimum Gasteiger partial charge on any atom is -0.400 e. The third-order valence-corrected chi connectivity index (χ3v) is 4.06. The molecule has 0 saturated heterocycles. The number of nitrogens with two attached hydrogens (primary N) is 1. The molecule has 0 unspecified atom stereocenters. The molecule has 1 heterocycles. The molecule has 0 atom stereocenters. The van der Waals surface area contributed by atoms with Crippen molar-refractivity contribution in [3.05, 3.63) is 28.0 Å². The van der Waals surface area contributed by atoms with Crippen molar-refractivity contribution in [2.24, 2.45) is 10.8 Å². The van der Waals surface area contributed by atoms with E-state index in [1.165, 1.54) is 18.3 Å². The molecule has 0 aliphatic rings. The third kappa shape index (κ3) is 7.04. The van der Waals surface area contributed by atoms with Gasteiger partial charge in [0.05, 0.1) is 17.8 Å². The lowest BCUT2D eigenvalue weighted by molar-refractivity contribution is -0.402. The zero-order valence-corrected chi connectivity index (χ0v) is 15.0. The number of furan rings is 1. The van der Waals surface area contributed by atoms with E-state index < -0.39 is 10.5 Å². The summed E-state index contributed by atoms with van der Waals surface area (Å²) in [5, 5.41) is 14.4. The van der Waals surface area contributed by atoms with Gasteiger partial charge in [0, 0.05) is 0 Å². The zero-order valence-electron chi connectivity index (χ0n) is 15.0. The van der Waals surface area contributed by atoms with Gasteiger partial charge in [-0.1, -0.05) is 52.4 Å². The van der Waals surface area contributed by atoms with Crippen molar-refractivity contribution in [3.63, 3.8) is 0 Å². The van der Waals surface area contributed by atoms with Crippen LogP contribution in [0.4, 0.5) is 5.88 Å². The van der Waals surface area contributed by atoms with Crippen LogP contribution in [0.2, 0.25) is 0 Å². The number of nitro groups is 1. The maximum absolute atomic E-state index is 12.5. The van der Waals surface area contributed by atoms with Crippen molar-refractivity contribution in [1.29, 1.82) is 0 Å². The molecular formula is C17H28N4O4. The Balaban J connectivity index is 2.65. The molecule has 0 spiro atoms. The highest BCUT2D eigenvalue weighted by atomic mass is 16.6. The van der Waals surface area contributed by atoms with Gasteiger partial charge >= 0.3 is 5.88 Å². The summed E-state index contributed by atoms with van der Waals surface area (Å²) in [5.41, 5.74) is 7.84. The van der Waals surface area contributed by atoms with E-state index in [0.717, 1.165) is 38.5 Å². The Bertz CT molecular complexity index is 573. The third-order valence-electron chi connectivity index (χ3n) is 4.06. The van der Waals surface area contributed by atoms with Gasteiger partial charge in [-0.25, -0.2) is 5.43 Å². The van der Waals surface area contributed by atoms with E-state index in [1.807, 2.05) is 0 Å². The van der Waals surface area contributed by atoms with Crippen molar-refractivity contribution in [1.82, 2.24) is 5.43 Å². The first-order valence-corrected chi connectivity index (χ1v) is 8.79. The van der Waals surface area contributed by atoms with Crippen LogP contribution >= 0.6 is 0 Å². The second-order valence-corrected chi connectivity index (χ2v) is 6.20. The predicted octanol–water partition coefficient (Wildman–Crippen LogP) is 3.50. The molecule has 0 fully saturated rings. The predicted molar refractivity (Wildman–Crippen MR) is 96.3 cm³/mol. The molecule has 1 aromatic heterocycles. The van der Waals surface area contributed by atoms with E-state index in [9.17, 15) is 14.9 Å². The van der Waals surface area contributed by atoms with E-state index in [-0.39, 0.29) is 17.6 Å². The number of hydrogen-bond acceptors (Lipinski definition) is 6. The summed E-state index contributed by atoms with van der Waals surface area (Å²) >= 11 is 0. The summed E-state index contributed by atoms with van der Waals surface area (Å²) < 4.78 is 4.94. The minimum absolute atomic E-state index is 0.187. The number of carbonyl (C=O) groups is 1. The maximum atomic E-state index is 12.5. The average molecular weight is 352 g/mol. The van der Waals surface area contributed by atoms with Crippen LogP contribution in [-0.4, -0.2) is 22.6 Å². The van der Waals surface area contributed by atoms with Crippen LogP contribution in [0.3, 0.4) is 0 Å². The number of nitrogens with zero attached hydrogens (tertiary/aromatic N) is 2. The van der Waals surface area contributed by atoms with Gasteiger partial charge in [-0.2, -0.15) is 5.10 Å². The quantitative estimate of drug-likeness (QED) is 0.258. The number of amides is 1. The monoisotopic (exact) mass is 352 g/mol. The first-order chi connectivity index (χ1) is 11.9. The fourth-order valence-corrected chi connectivity index (χ4v) is 2.51. The van der Waals surface area contributed by atoms with Gasteiger partial charge in [0.1, 0.15) is 4.92 Å². The normalized spacial score (nSPS) is 11.8. The van der Waals surface area contributed by atoms with Crippen LogP contribution in [0, 0.1) is 10.1 Å². The van der Waals surface area contributed by atoms with Crippen LogP contribution in [0.5, 0.6) is 0 Å². The van der Waals surface area contributed by atoms with Crippen molar-refractivity contribution >= 4 is 18.0 Å². The zero-order chi connectivity index (χ0) is 18.7. The van der Waals surface area contributed by atoms with E-state index in [0.29, 0.717) is 12.8 Å². The largest absolute Gasteiger partial charge is 0.433 e. The number of hydrazone groups is 1. The summed E-state index contributed by atoms with van der Waals surface area (Å²) in [6.07, 6.45) is 8.39. The van der Waals surface area contributed by atoms with E-state index >= 15 is 0 Å². The topological polar surface area (TPSA) is 124 Å². The summed E-state index contributed by atoms with van der Waals surface area (Å²) in [6.45, 7) is 4.20. The lowest BCUT2D eigenvalue weighted by Gasteiger charge is -2.27. The Kier molecular flexibility index (Phi) is 8.83. The SMILES string of the molecule is CCCCCC(N)(CCCCC)C(=O)N/N=C/c1ccc([N+](=O)[O-])o1. The number of unbranched alkanes of at least 4 members (excludes halogenated alkanes) is 4. The van der Waals surface area contributed by atoms with Crippen LogP contribution < -0.4 is 11.2 Å². The summed E-state index contributed by atoms with van der Waals surface area (Å²) in [5.74, 6) is -0.524. The van der Waals surface area contributed by atoms with Gasteiger partial charge < -0.3 is 10.2 Å². The molecule has 8 nitrogen and oxygen atoms in total. The average Bonchev–Trinajstić information content (AvgIpc) is 3.04. The number of rotatable bonds is 12. The Morgan fingerprint density at radius 1 is 1.28 bits per heavy atom. The molecule has 1 rings (SSSR count). The van der Waals surface area contributed by atoms with Gasteiger partial charge in [0.25, 0.3) is 5.91 Å². The highest BCUT2D eigenvalue weighted by Crippen LogP contribution is 2.20. The highest BCUT2D eigenvalue weighted by molar-refractivity contribution is 5.87. The standard InChI is InChI=1S/C17H28N4O4/c1-3-5-7-11-17(18,12-8-6-4-2)16(22)20-19-13-14-9-10-15(25-14)21(23)24/h9-10,13H,3-8,11-12,18H2,1-2H3,(H,20,22)/b19-13+. The Morgan fingerprint density at radius 3 is 2.36 bits per heavy atom. The second-order valence-electron chi connectivity index (χ2n) is 6.20. The Morgan fingerprint density at radius 2 is 1.88 bits per heavy atom. The first kappa shape index (κ1) is 20.8. The van der Waals surface area contributed by atoms with Gasteiger partial charge in [-0.15, -0.1) is 0 Å². The molecule has 0 saturated carbocycles. The lowest BCUT2D eigenvalue weighted by atomic mass is 9.87. The van der Waals surface area contributed by atoms with Crippen molar-refractivity contribution in [3.8, 4) is 0 Å². The summed E-state index contributed by atoms with van der Waals surface area (Å²) in [6, 6.07) is 2.64. The van der Waals surface area contributed by atoms with Gasteiger partial charge in [0.15, 0.2) is 5.76 Å². The number of nitrogens with one attached hydrogen (secondary N) is 1. The van der Waals surface area contributed by atoms with Crippen molar-refractivity contribution in [2.45, 2.75) is 70.8 Å². The van der Waals surface area contributed by atoms with Crippen LogP contribution in [0.25, 0.3) is 0 Å². The second kappa shape index (κ2) is 10.6. The smallest absolute Gasteiger partial charge is 0.400 e. The van der Waals surface area contributed by atoms with Crippen molar-refractivity contribution < 1.29 is 14.1 Å². The Hall–Kier alpha value is -2.22. The van der Waals surface area contributed by atoms with E-state index in [4.69, 9.17) is 10.2 Å². The first-order valence-electron chi connectivity index (χ1n) is 8.79. The molecule has 1 amide bonds. The Labute approximate surface area is 148 Å². The van der Waals surface area contributed by atoms with Crippen molar-refractivity contribution in [2.75, 3.05) is 0 Å². The van der Waals surface area contributed by atoms with E-state index in [2.05, 4.69) is 24.4 Å². The molecule has 0 aliphatic carbocycles. The van der Waals surface area contributed by atoms with Gasteiger partial charge in [-0.05, 0) is 18.9 Å². The number of hydrogen-bond donors (Lipinski definition) is 2. The molecule has 1 aromatic rings. The fraction of sp³-hybridized carbons (Fsp3) is 0.647. The minimum atomic E-state index is -0.948. The van der Waals surface area contributed by atoms with Crippen LogP contribution in [-0.2, 0) is 4.79 Å². The van der Waals surface area contributed by atoms with Crippen LogP contribution in [0.1, 0.15) is 71.0 Å². The fourth-order valence-electron chi connectivity index (χ4n) is 2.51. The van der Waals surface area contributed by atoms with Gasteiger partial charge in [-0.3, -0.25) is 14.9 Å². The molecule has 0 radical (unpaired) electrons. The molecule has 3 N–H and O–H groups in total. The number of carbonyl (C=O) groups excluding carboxylic acids is 1. The molecule has 0 aromatic carbocycles. The highest BCUT2D eigenvalue weighted by Gasteiger charge is 2.32. The van der Waals surface area contributed by atoms with Gasteiger partial charge in [0.2, 0.25) is 0 Å². The molecule has 25 heavy (non-hydrogen) atoms. The molecule has 0 bridgehead atoms. The summed E-state index contributed by atoms with van der Waals surface area (Å²) in [7, 11) is 0. The summed E-state index contributed by atoms with van der Waals surface area (Å²) in [4.78, 5) is 22.4. The van der Waals surface area contributed by atoms with Crippen LogP contribution in [0.15, 0.2) is 21.7 Å². The molecule has 8 heteroatoms. The molecule has 0 aliphatic heterocycles. The molecular weight excluding hydrogens is 324 g/mol. The lowest BCUT2D eigenvalue weighted by Crippen LogP contribution is -2.52.